The van der Waals surface area contributed by atoms with Gasteiger partial charge in [-0.05, 0) is 42.3 Å². The summed E-state index contributed by atoms with van der Waals surface area (Å²) in [7, 11) is 0. The summed E-state index contributed by atoms with van der Waals surface area (Å²) in [4.78, 5) is 16.5. The van der Waals surface area contributed by atoms with Crippen LogP contribution in [0.1, 0.15) is 16.7 Å². The van der Waals surface area contributed by atoms with Gasteiger partial charge < -0.3 is 15.1 Å². The smallest absolute Gasteiger partial charge is 0.317 e. The summed E-state index contributed by atoms with van der Waals surface area (Å²) >= 11 is 0. The number of anilines is 1. The van der Waals surface area contributed by atoms with Crippen LogP contribution in [0.2, 0.25) is 0 Å². The monoisotopic (exact) mass is 334 g/mol. The van der Waals surface area contributed by atoms with Crippen molar-refractivity contribution in [1.82, 2.24) is 10.2 Å². The first-order chi connectivity index (χ1) is 12.2. The molecule has 0 atom stereocenters. The molecule has 5 nitrogen and oxygen atoms in total. The van der Waals surface area contributed by atoms with Gasteiger partial charge in [0.15, 0.2) is 0 Å². The van der Waals surface area contributed by atoms with Crippen molar-refractivity contribution in [2.75, 3.05) is 31.1 Å². The van der Waals surface area contributed by atoms with Crippen LogP contribution in [0.25, 0.3) is 0 Å². The molecule has 1 aliphatic rings. The first-order valence-electron chi connectivity index (χ1n) is 8.50. The van der Waals surface area contributed by atoms with Gasteiger partial charge in [0.05, 0.1) is 11.6 Å². The van der Waals surface area contributed by atoms with Crippen LogP contribution < -0.4 is 10.2 Å². The average Bonchev–Trinajstić information content (AvgIpc) is 2.67. The molecule has 25 heavy (non-hydrogen) atoms. The molecule has 128 valence electrons. The lowest BCUT2D eigenvalue weighted by molar-refractivity contribution is 0.194. The second kappa shape index (κ2) is 7.71. The molecule has 2 aromatic carbocycles. The third kappa shape index (κ3) is 4.10. The van der Waals surface area contributed by atoms with Crippen molar-refractivity contribution in [2.24, 2.45) is 0 Å². The number of nitrogens with one attached hydrogen (secondary N) is 1. The maximum Gasteiger partial charge on any atom is 0.317 e. The van der Waals surface area contributed by atoms with Crippen molar-refractivity contribution in [1.29, 1.82) is 5.26 Å². The van der Waals surface area contributed by atoms with Gasteiger partial charge in [-0.25, -0.2) is 4.79 Å². The molecule has 0 spiro atoms. The molecule has 0 radical (unpaired) electrons. The van der Waals surface area contributed by atoms with E-state index >= 15 is 0 Å². The molecule has 0 aliphatic carbocycles. The fourth-order valence-corrected chi connectivity index (χ4v) is 3.01. The van der Waals surface area contributed by atoms with Gasteiger partial charge in [0.25, 0.3) is 0 Å². The van der Waals surface area contributed by atoms with Crippen molar-refractivity contribution < 1.29 is 4.79 Å². The number of piperazine rings is 1. The van der Waals surface area contributed by atoms with E-state index < -0.39 is 0 Å². The Morgan fingerprint density at radius 2 is 1.76 bits per heavy atom. The van der Waals surface area contributed by atoms with E-state index in [0.717, 1.165) is 24.3 Å². The standard InChI is InChI=1S/C20H22N4O/c1-16-4-2-3-5-18(16)15-22-20(25)24-12-10-23(11-13-24)19-8-6-17(14-21)7-9-19/h2-9H,10-13,15H2,1H3,(H,22,25). The van der Waals surface area contributed by atoms with Crippen LogP contribution in [0.15, 0.2) is 48.5 Å². The summed E-state index contributed by atoms with van der Waals surface area (Å²) in [5.74, 6) is 0. The minimum atomic E-state index is -0.0114. The molecule has 0 saturated carbocycles. The van der Waals surface area contributed by atoms with E-state index in [1.165, 1.54) is 5.56 Å². The van der Waals surface area contributed by atoms with E-state index in [2.05, 4.69) is 29.3 Å². The Balaban J connectivity index is 1.50. The predicted octanol–water partition coefficient (Wildman–Crippen LogP) is 2.90. The number of nitriles is 1. The maximum absolute atomic E-state index is 12.4. The number of carbonyl (C=O) groups excluding carboxylic acids is 1. The summed E-state index contributed by atoms with van der Waals surface area (Å²) < 4.78 is 0. The fraction of sp³-hybridized carbons (Fsp3) is 0.300. The second-order valence-corrected chi connectivity index (χ2v) is 6.22. The van der Waals surface area contributed by atoms with Crippen molar-refractivity contribution in [3.8, 4) is 6.07 Å². The molecule has 0 aromatic heterocycles. The molecular formula is C20H22N4O. The highest BCUT2D eigenvalue weighted by Gasteiger charge is 2.21. The Labute approximate surface area is 148 Å². The second-order valence-electron chi connectivity index (χ2n) is 6.22. The first kappa shape index (κ1) is 16.8. The van der Waals surface area contributed by atoms with Crippen molar-refractivity contribution in [3.63, 3.8) is 0 Å². The van der Waals surface area contributed by atoms with Crippen molar-refractivity contribution >= 4 is 11.7 Å². The zero-order valence-electron chi connectivity index (χ0n) is 14.4. The number of nitrogens with zero attached hydrogens (tertiary/aromatic N) is 3. The third-order valence-electron chi connectivity index (χ3n) is 4.62. The molecule has 3 rings (SSSR count). The Morgan fingerprint density at radius 3 is 2.40 bits per heavy atom. The molecular weight excluding hydrogens is 312 g/mol. The summed E-state index contributed by atoms with van der Waals surface area (Å²) in [6, 6.07) is 17.8. The average molecular weight is 334 g/mol. The molecule has 2 aromatic rings. The van der Waals surface area contributed by atoms with Crippen molar-refractivity contribution in [3.05, 3.63) is 65.2 Å². The maximum atomic E-state index is 12.4. The van der Waals surface area contributed by atoms with Gasteiger partial charge in [-0.2, -0.15) is 5.26 Å². The SMILES string of the molecule is Cc1ccccc1CNC(=O)N1CCN(c2ccc(C#N)cc2)CC1. The van der Waals surface area contributed by atoms with Gasteiger partial charge in [0.1, 0.15) is 0 Å². The van der Waals surface area contributed by atoms with Crippen LogP contribution in [0.4, 0.5) is 10.5 Å². The molecule has 1 N–H and O–H groups in total. The Morgan fingerprint density at radius 1 is 1.08 bits per heavy atom. The topological polar surface area (TPSA) is 59.4 Å². The van der Waals surface area contributed by atoms with Gasteiger partial charge in [0.2, 0.25) is 0 Å². The third-order valence-corrected chi connectivity index (χ3v) is 4.62. The number of rotatable bonds is 3. The van der Waals surface area contributed by atoms with E-state index in [4.69, 9.17) is 5.26 Å². The summed E-state index contributed by atoms with van der Waals surface area (Å²) in [5, 5.41) is 11.9. The van der Waals surface area contributed by atoms with Gasteiger partial charge in [-0.3, -0.25) is 0 Å². The number of benzene rings is 2. The highest BCUT2D eigenvalue weighted by molar-refractivity contribution is 5.74. The number of carbonyl (C=O) groups is 1. The molecule has 1 aliphatic heterocycles. The van der Waals surface area contributed by atoms with E-state index in [9.17, 15) is 4.79 Å². The Bertz CT molecular complexity index is 771. The molecule has 2 amide bonds. The highest BCUT2D eigenvalue weighted by Crippen LogP contribution is 2.17. The van der Waals surface area contributed by atoms with Crippen molar-refractivity contribution in [2.45, 2.75) is 13.5 Å². The van der Waals surface area contributed by atoms with Gasteiger partial charge in [0, 0.05) is 38.4 Å². The van der Waals surface area contributed by atoms with Crippen LogP contribution in [0, 0.1) is 18.3 Å². The van der Waals surface area contributed by atoms with E-state index in [0.29, 0.717) is 25.2 Å². The number of hydrogen-bond acceptors (Lipinski definition) is 3. The fourth-order valence-electron chi connectivity index (χ4n) is 3.01. The zero-order chi connectivity index (χ0) is 17.6. The van der Waals surface area contributed by atoms with Gasteiger partial charge in [-0.15, -0.1) is 0 Å². The largest absolute Gasteiger partial charge is 0.368 e. The molecule has 0 bridgehead atoms. The number of hydrogen-bond donors (Lipinski definition) is 1. The first-order valence-corrected chi connectivity index (χ1v) is 8.50. The lowest BCUT2D eigenvalue weighted by Gasteiger charge is -2.36. The van der Waals surface area contributed by atoms with Crippen LogP contribution in [0.5, 0.6) is 0 Å². The van der Waals surface area contributed by atoms with Gasteiger partial charge >= 0.3 is 6.03 Å². The lowest BCUT2D eigenvalue weighted by Crippen LogP contribution is -2.51. The van der Waals surface area contributed by atoms with Crippen LogP contribution in [-0.4, -0.2) is 37.1 Å². The summed E-state index contributed by atoms with van der Waals surface area (Å²) in [5.41, 5.74) is 4.09. The van der Waals surface area contributed by atoms with Gasteiger partial charge in [-0.1, -0.05) is 24.3 Å². The van der Waals surface area contributed by atoms with Crippen LogP contribution >= 0.6 is 0 Å². The van der Waals surface area contributed by atoms with E-state index in [-0.39, 0.29) is 6.03 Å². The minimum absolute atomic E-state index is 0.0114. The molecule has 1 saturated heterocycles. The Kier molecular flexibility index (Phi) is 5.20. The number of amides is 2. The normalized spacial score (nSPS) is 14.1. The minimum Gasteiger partial charge on any atom is -0.368 e. The summed E-state index contributed by atoms with van der Waals surface area (Å²) in [6.45, 7) is 5.59. The van der Waals surface area contributed by atoms with Crippen LogP contribution in [0.3, 0.4) is 0 Å². The Hall–Kier alpha value is -3.00. The zero-order valence-corrected chi connectivity index (χ0v) is 14.4. The number of urea groups is 1. The van der Waals surface area contributed by atoms with E-state index in [1.54, 1.807) is 0 Å². The molecule has 5 heteroatoms. The number of aryl methyl sites for hydroxylation is 1. The summed E-state index contributed by atoms with van der Waals surface area (Å²) in [6.07, 6.45) is 0. The molecule has 1 fully saturated rings. The highest BCUT2D eigenvalue weighted by atomic mass is 16.2. The lowest BCUT2D eigenvalue weighted by atomic mass is 10.1. The molecule has 1 heterocycles. The predicted molar refractivity (Wildman–Crippen MR) is 98.4 cm³/mol. The quantitative estimate of drug-likeness (QED) is 0.939. The molecule has 0 unspecified atom stereocenters. The van der Waals surface area contributed by atoms with Crippen LogP contribution in [-0.2, 0) is 6.54 Å². The van der Waals surface area contributed by atoms with E-state index in [1.807, 2.05) is 47.4 Å².